The maximum Gasteiger partial charge on any atom is 0.306 e. The molecule has 0 heterocycles. The molecule has 0 fully saturated rings. The number of likely N-dealkylation sites (N-methyl/N-ethyl adjacent to an activating group) is 1. The fourth-order valence-corrected chi connectivity index (χ4v) is 7.65. The van der Waals surface area contributed by atoms with Crippen LogP contribution in [0.3, 0.4) is 0 Å². The Morgan fingerprint density at radius 3 is 1.29 bits per heavy atom. The highest BCUT2D eigenvalue weighted by molar-refractivity contribution is 5.70. The van der Waals surface area contributed by atoms with E-state index in [0.29, 0.717) is 23.9 Å². The predicted octanol–water partition coefficient (Wildman–Crippen LogP) is 14.2. The second kappa shape index (κ2) is 48.7. The molecule has 0 aliphatic carbocycles. The SMILES string of the molecule is CC/C=C\C/C=C\C/C=C\C/C=C\CCCCCCCCCCCCCCCCCCC(=O)OC(COC(=O)CCCCCCCCCCCCCC)COC(OCC[N+](C)(C)C)C(=O)[O-]. The van der Waals surface area contributed by atoms with Crippen molar-refractivity contribution in [3.05, 3.63) is 48.6 Å². The van der Waals surface area contributed by atoms with E-state index in [1.165, 1.54) is 148 Å². The number of aliphatic carboxylic acids is 1. The van der Waals surface area contributed by atoms with Gasteiger partial charge in [-0.15, -0.1) is 0 Å². The Kier molecular flexibility index (Phi) is 46.7. The maximum absolute atomic E-state index is 12.8. The van der Waals surface area contributed by atoms with Crippen LogP contribution in [0.15, 0.2) is 48.6 Å². The summed E-state index contributed by atoms with van der Waals surface area (Å²) in [4.78, 5) is 37.1. The largest absolute Gasteiger partial charge is 0.545 e. The Hall–Kier alpha value is -2.75. The van der Waals surface area contributed by atoms with Crippen LogP contribution in [-0.2, 0) is 33.3 Å². The highest BCUT2D eigenvalue weighted by atomic mass is 16.7. The summed E-state index contributed by atoms with van der Waals surface area (Å²) in [7, 11) is 5.92. The quantitative estimate of drug-likeness (QED) is 0.0195. The van der Waals surface area contributed by atoms with Crippen molar-refractivity contribution in [2.75, 3.05) is 47.5 Å². The van der Waals surface area contributed by atoms with Gasteiger partial charge in [-0.2, -0.15) is 0 Å². The highest BCUT2D eigenvalue weighted by Gasteiger charge is 2.22. The van der Waals surface area contributed by atoms with Crippen molar-refractivity contribution in [1.82, 2.24) is 0 Å². The summed E-state index contributed by atoms with van der Waals surface area (Å²) in [6.07, 6.45) is 55.9. The van der Waals surface area contributed by atoms with Crippen LogP contribution in [0.25, 0.3) is 0 Å². The number of ether oxygens (including phenoxy) is 4. The zero-order valence-electron chi connectivity index (χ0n) is 43.6. The van der Waals surface area contributed by atoms with E-state index in [2.05, 4.69) is 62.5 Å². The minimum atomic E-state index is -1.62. The minimum Gasteiger partial charge on any atom is -0.545 e. The van der Waals surface area contributed by atoms with E-state index in [0.717, 1.165) is 57.8 Å². The van der Waals surface area contributed by atoms with Gasteiger partial charge in [0.05, 0.1) is 40.3 Å². The Morgan fingerprint density at radius 2 is 0.864 bits per heavy atom. The van der Waals surface area contributed by atoms with Crippen LogP contribution in [0.4, 0.5) is 0 Å². The molecule has 0 saturated carbocycles. The van der Waals surface area contributed by atoms with Gasteiger partial charge in [0.1, 0.15) is 13.2 Å². The van der Waals surface area contributed by atoms with Crippen molar-refractivity contribution in [2.45, 2.75) is 251 Å². The third-order valence-corrected chi connectivity index (χ3v) is 11.8. The fourth-order valence-electron chi connectivity index (χ4n) is 7.65. The molecule has 0 aromatic rings. The highest BCUT2D eigenvalue weighted by Crippen LogP contribution is 2.16. The standard InChI is InChI=1S/C57H103NO8/c1-6-8-10-12-14-16-18-20-21-22-23-24-25-26-27-28-29-30-31-32-33-34-35-36-38-40-42-44-46-48-55(60)66-53(52-65-57(56(61)62)63-50-49-58(3,4)5)51-64-54(59)47-45-43-41-39-37-19-17-15-13-11-9-7-2/h8,10,14,16,20-21,23-24,53,57H,6-7,9,11-13,15,17-19,22,25-52H2,1-5H3/b10-8-,16-14-,21-20-,24-23-. The summed E-state index contributed by atoms with van der Waals surface area (Å²) >= 11 is 0. The van der Waals surface area contributed by atoms with E-state index in [-0.39, 0.29) is 32.2 Å². The van der Waals surface area contributed by atoms with Gasteiger partial charge in [0.25, 0.3) is 0 Å². The van der Waals surface area contributed by atoms with Crippen LogP contribution in [0.5, 0.6) is 0 Å². The molecular formula is C57H103NO8. The maximum atomic E-state index is 12.8. The Bertz CT molecular complexity index is 1220. The van der Waals surface area contributed by atoms with E-state index in [1.54, 1.807) is 0 Å². The van der Waals surface area contributed by atoms with E-state index in [4.69, 9.17) is 18.9 Å². The number of allylic oxidation sites excluding steroid dienone is 8. The van der Waals surface area contributed by atoms with E-state index in [9.17, 15) is 19.5 Å². The van der Waals surface area contributed by atoms with Gasteiger partial charge in [-0.25, -0.2) is 0 Å². The number of rotatable bonds is 50. The van der Waals surface area contributed by atoms with Crippen LogP contribution in [0.1, 0.15) is 239 Å². The first-order chi connectivity index (χ1) is 32.1. The number of esters is 2. The molecule has 0 N–H and O–H groups in total. The Morgan fingerprint density at radius 1 is 0.470 bits per heavy atom. The van der Waals surface area contributed by atoms with E-state index in [1.807, 2.05) is 21.1 Å². The van der Waals surface area contributed by atoms with Crippen molar-refractivity contribution in [1.29, 1.82) is 0 Å². The lowest BCUT2D eigenvalue weighted by Gasteiger charge is -2.26. The van der Waals surface area contributed by atoms with E-state index < -0.39 is 24.3 Å². The van der Waals surface area contributed by atoms with Crippen LogP contribution in [-0.4, -0.2) is 82.3 Å². The van der Waals surface area contributed by atoms with Crippen molar-refractivity contribution in [2.24, 2.45) is 0 Å². The predicted molar refractivity (Wildman–Crippen MR) is 274 cm³/mol. The van der Waals surface area contributed by atoms with Gasteiger partial charge in [-0.1, -0.05) is 223 Å². The van der Waals surface area contributed by atoms with E-state index >= 15 is 0 Å². The van der Waals surface area contributed by atoms with Gasteiger partial charge in [0.15, 0.2) is 12.4 Å². The van der Waals surface area contributed by atoms with Crippen LogP contribution < -0.4 is 5.11 Å². The summed E-state index contributed by atoms with van der Waals surface area (Å²) in [5, 5.41) is 11.7. The molecule has 0 bridgehead atoms. The summed E-state index contributed by atoms with van der Waals surface area (Å²) in [6, 6.07) is 0. The average molecular weight is 930 g/mol. The number of carboxylic acids is 1. The van der Waals surface area contributed by atoms with Crippen molar-refractivity contribution >= 4 is 17.9 Å². The molecule has 0 radical (unpaired) electrons. The molecule has 0 saturated heterocycles. The summed E-state index contributed by atoms with van der Waals surface area (Å²) in [5.74, 6) is -2.27. The number of nitrogens with zero attached hydrogens (tertiary/aromatic N) is 1. The number of quaternary nitrogens is 1. The molecule has 9 nitrogen and oxygen atoms in total. The van der Waals surface area contributed by atoms with Crippen molar-refractivity contribution < 1.29 is 42.9 Å². The number of hydrogen-bond donors (Lipinski definition) is 0. The van der Waals surface area contributed by atoms with Gasteiger partial charge < -0.3 is 33.3 Å². The summed E-state index contributed by atoms with van der Waals surface area (Å²) in [6.45, 7) is 4.65. The van der Waals surface area contributed by atoms with Gasteiger partial charge in [0, 0.05) is 12.8 Å². The first-order valence-corrected chi connectivity index (χ1v) is 27.3. The third kappa shape index (κ3) is 49.2. The lowest BCUT2D eigenvalue weighted by Crippen LogP contribution is -2.44. The molecule has 384 valence electrons. The van der Waals surface area contributed by atoms with Gasteiger partial charge in [-0.05, 0) is 51.4 Å². The lowest BCUT2D eigenvalue weighted by atomic mass is 10.0. The molecule has 66 heavy (non-hydrogen) atoms. The smallest absolute Gasteiger partial charge is 0.306 e. The second-order valence-corrected chi connectivity index (χ2v) is 19.5. The first-order valence-electron chi connectivity index (χ1n) is 27.3. The number of hydrogen-bond acceptors (Lipinski definition) is 8. The molecule has 2 atom stereocenters. The minimum absolute atomic E-state index is 0.149. The molecular weight excluding hydrogens is 827 g/mol. The number of carbonyl (C=O) groups is 3. The monoisotopic (exact) mass is 930 g/mol. The lowest BCUT2D eigenvalue weighted by molar-refractivity contribution is -0.870. The molecule has 0 rings (SSSR count). The average Bonchev–Trinajstić information content (AvgIpc) is 3.28. The Labute approximate surface area is 406 Å². The zero-order valence-corrected chi connectivity index (χ0v) is 43.6. The first kappa shape index (κ1) is 63.2. The molecule has 2 unspecified atom stereocenters. The number of carbonyl (C=O) groups excluding carboxylic acids is 3. The molecule has 0 aromatic heterocycles. The number of carboxylic acid groups (broad SMARTS) is 1. The molecule has 0 aliphatic heterocycles. The molecule has 0 spiro atoms. The molecule has 9 heteroatoms. The number of unbranched alkanes of at least 4 members (excludes halogenated alkanes) is 27. The Balaban J connectivity index is 4.14. The van der Waals surface area contributed by atoms with Crippen molar-refractivity contribution in [3.8, 4) is 0 Å². The zero-order chi connectivity index (χ0) is 48.4. The molecule has 0 aliphatic rings. The fraction of sp³-hybridized carbons (Fsp3) is 0.807. The van der Waals surface area contributed by atoms with Gasteiger partial charge >= 0.3 is 11.9 Å². The summed E-state index contributed by atoms with van der Waals surface area (Å²) < 4.78 is 22.6. The van der Waals surface area contributed by atoms with Gasteiger partial charge in [0.2, 0.25) is 0 Å². The molecule has 0 amide bonds. The second-order valence-electron chi connectivity index (χ2n) is 19.5. The van der Waals surface area contributed by atoms with Crippen LogP contribution in [0, 0.1) is 0 Å². The van der Waals surface area contributed by atoms with Crippen molar-refractivity contribution in [3.63, 3.8) is 0 Å². The van der Waals surface area contributed by atoms with Crippen LogP contribution in [0.2, 0.25) is 0 Å². The van der Waals surface area contributed by atoms with Crippen LogP contribution >= 0.6 is 0 Å². The van der Waals surface area contributed by atoms with Gasteiger partial charge in [-0.3, -0.25) is 9.59 Å². The topological polar surface area (TPSA) is 111 Å². The third-order valence-electron chi connectivity index (χ3n) is 11.8. The molecule has 0 aromatic carbocycles. The summed E-state index contributed by atoms with van der Waals surface area (Å²) in [5.41, 5.74) is 0. The normalized spacial score (nSPS) is 13.2.